The maximum Gasteiger partial charge on any atom is 0.305 e. The van der Waals surface area contributed by atoms with Crippen molar-refractivity contribution in [2.24, 2.45) is 5.73 Å². The average molecular weight is 313 g/mol. The van der Waals surface area contributed by atoms with Gasteiger partial charge in [0.25, 0.3) is 10.0 Å². The molecule has 1 heterocycles. The second kappa shape index (κ2) is 5.88. The molecule has 6 nitrogen and oxygen atoms in total. The molecule has 2 aromatic rings. The van der Waals surface area contributed by atoms with E-state index in [4.69, 9.17) is 5.73 Å². The SMILES string of the molecule is Cc1[nH]c(=O)sc1S(=O)(=O)NCc1ccccc1CN. The number of nitrogens with two attached hydrogens (primary N) is 1. The molecule has 0 aliphatic rings. The second-order valence-electron chi connectivity index (χ2n) is 4.22. The molecular weight excluding hydrogens is 298 g/mol. The molecule has 0 spiro atoms. The molecule has 1 aromatic heterocycles. The van der Waals surface area contributed by atoms with Crippen LogP contribution in [0.15, 0.2) is 33.3 Å². The Kier molecular flexibility index (Phi) is 4.39. The number of aromatic amines is 1. The van der Waals surface area contributed by atoms with E-state index in [1.807, 2.05) is 24.3 Å². The first-order valence-corrected chi connectivity index (χ1v) is 8.20. The van der Waals surface area contributed by atoms with Gasteiger partial charge in [-0.3, -0.25) is 4.79 Å². The van der Waals surface area contributed by atoms with E-state index in [2.05, 4.69) is 9.71 Å². The van der Waals surface area contributed by atoms with Gasteiger partial charge >= 0.3 is 4.87 Å². The molecule has 1 aromatic carbocycles. The smallest absolute Gasteiger partial charge is 0.305 e. The Balaban J connectivity index is 2.22. The number of sulfonamides is 1. The van der Waals surface area contributed by atoms with Crippen LogP contribution in [0.4, 0.5) is 0 Å². The van der Waals surface area contributed by atoms with Crippen LogP contribution in [0.2, 0.25) is 0 Å². The van der Waals surface area contributed by atoms with Crippen molar-refractivity contribution in [3.8, 4) is 0 Å². The summed E-state index contributed by atoms with van der Waals surface area (Å²) in [6, 6.07) is 7.34. The summed E-state index contributed by atoms with van der Waals surface area (Å²) < 4.78 is 26.8. The van der Waals surface area contributed by atoms with Gasteiger partial charge in [-0.2, -0.15) is 0 Å². The van der Waals surface area contributed by atoms with Gasteiger partial charge in [-0.25, -0.2) is 13.1 Å². The lowest BCUT2D eigenvalue weighted by Crippen LogP contribution is -2.24. The van der Waals surface area contributed by atoms with E-state index in [1.54, 1.807) is 6.92 Å². The molecule has 0 aliphatic carbocycles. The second-order valence-corrected chi connectivity index (χ2v) is 7.17. The summed E-state index contributed by atoms with van der Waals surface area (Å²) in [6.07, 6.45) is 0. The van der Waals surface area contributed by atoms with Gasteiger partial charge in [-0.05, 0) is 18.1 Å². The lowest BCUT2D eigenvalue weighted by atomic mass is 10.1. The fourth-order valence-corrected chi connectivity index (χ4v) is 4.16. The summed E-state index contributed by atoms with van der Waals surface area (Å²) >= 11 is 0.680. The maximum atomic E-state index is 12.1. The Morgan fingerprint density at radius 2 is 1.95 bits per heavy atom. The Morgan fingerprint density at radius 1 is 1.30 bits per heavy atom. The van der Waals surface area contributed by atoms with Crippen molar-refractivity contribution in [2.45, 2.75) is 24.2 Å². The zero-order chi connectivity index (χ0) is 14.8. The van der Waals surface area contributed by atoms with E-state index < -0.39 is 10.0 Å². The minimum absolute atomic E-state index is 0.0210. The van der Waals surface area contributed by atoms with Gasteiger partial charge in [0.2, 0.25) is 0 Å². The first-order valence-electron chi connectivity index (χ1n) is 5.90. The maximum absolute atomic E-state index is 12.1. The number of hydrogen-bond donors (Lipinski definition) is 3. The van der Waals surface area contributed by atoms with Gasteiger partial charge in [0.15, 0.2) is 4.21 Å². The molecule has 0 bridgehead atoms. The monoisotopic (exact) mass is 313 g/mol. The van der Waals surface area contributed by atoms with Crippen molar-refractivity contribution >= 4 is 21.4 Å². The minimum atomic E-state index is -3.70. The molecule has 8 heteroatoms. The molecule has 20 heavy (non-hydrogen) atoms. The molecule has 0 aliphatic heterocycles. The third kappa shape index (κ3) is 3.15. The highest BCUT2D eigenvalue weighted by Crippen LogP contribution is 2.16. The third-order valence-electron chi connectivity index (χ3n) is 2.82. The van der Waals surface area contributed by atoms with Crippen LogP contribution >= 0.6 is 11.3 Å². The molecule has 0 fully saturated rings. The zero-order valence-corrected chi connectivity index (χ0v) is 12.5. The highest BCUT2D eigenvalue weighted by molar-refractivity contribution is 7.91. The lowest BCUT2D eigenvalue weighted by molar-refractivity contribution is 0.582. The molecule has 0 unspecified atom stereocenters. The number of benzene rings is 1. The summed E-state index contributed by atoms with van der Waals surface area (Å²) in [5.41, 5.74) is 7.66. The predicted octanol–water partition coefficient (Wildman–Crippen LogP) is 0.682. The van der Waals surface area contributed by atoms with E-state index in [0.717, 1.165) is 11.1 Å². The molecular formula is C12H15N3O3S2. The summed E-state index contributed by atoms with van der Waals surface area (Å²) in [4.78, 5) is 13.3. The van der Waals surface area contributed by atoms with Crippen molar-refractivity contribution < 1.29 is 8.42 Å². The average Bonchev–Trinajstić information content (AvgIpc) is 2.76. The molecule has 4 N–H and O–H groups in total. The van der Waals surface area contributed by atoms with Crippen LogP contribution in [-0.2, 0) is 23.1 Å². The number of thiazole rings is 1. The molecule has 0 radical (unpaired) electrons. The third-order valence-corrected chi connectivity index (χ3v) is 5.82. The normalized spacial score (nSPS) is 11.7. The van der Waals surface area contributed by atoms with Crippen molar-refractivity contribution in [3.05, 3.63) is 50.8 Å². The highest BCUT2D eigenvalue weighted by Gasteiger charge is 2.20. The van der Waals surface area contributed by atoms with E-state index in [-0.39, 0.29) is 15.6 Å². The number of rotatable bonds is 5. The van der Waals surface area contributed by atoms with E-state index in [0.29, 0.717) is 23.6 Å². The van der Waals surface area contributed by atoms with Crippen molar-refractivity contribution in [1.29, 1.82) is 0 Å². The predicted molar refractivity (Wildman–Crippen MR) is 78.0 cm³/mol. The van der Waals surface area contributed by atoms with Gasteiger partial charge in [-0.15, -0.1) is 0 Å². The molecule has 0 saturated carbocycles. The van der Waals surface area contributed by atoms with Crippen molar-refractivity contribution in [1.82, 2.24) is 9.71 Å². The first-order chi connectivity index (χ1) is 9.44. The minimum Gasteiger partial charge on any atom is -0.326 e. The summed E-state index contributed by atoms with van der Waals surface area (Å²) in [6.45, 7) is 2.04. The lowest BCUT2D eigenvalue weighted by Gasteiger charge is -2.09. The van der Waals surface area contributed by atoms with E-state index in [1.165, 1.54) is 0 Å². The summed E-state index contributed by atoms with van der Waals surface area (Å²) in [5, 5.41) is 0. The molecule has 0 atom stereocenters. The quantitative estimate of drug-likeness (QED) is 0.755. The number of aromatic nitrogens is 1. The number of H-pyrrole nitrogens is 1. The standard InChI is InChI=1S/C12H15N3O3S2/c1-8-11(19-12(16)15-8)20(17,18)14-7-10-5-3-2-4-9(10)6-13/h2-5,14H,6-7,13H2,1H3,(H,15,16). The first kappa shape index (κ1) is 14.9. The van der Waals surface area contributed by atoms with Gasteiger partial charge in [0, 0.05) is 18.8 Å². The van der Waals surface area contributed by atoms with E-state index >= 15 is 0 Å². The summed E-state index contributed by atoms with van der Waals surface area (Å²) in [5.74, 6) is 0. The van der Waals surface area contributed by atoms with Crippen LogP contribution in [-0.4, -0.2) is 13.4 Å². The summed E-state index contributed by atoms with van der Waals surface area (Å²) in [7, 11) is -3.70. The van der Waals surface area contributed by atoms with Crippen LogP contribution in [0.5, 0.6) is 0 Å². The highest BCUT2D eigenvalue weighted by atomic mass is 32.2. The van der Waals surface area contributed by atoms with Crippen molar-refractivity contribution in [3.63, 3.8) is 0 Å². The Hall–Kier alpha value is -1.48. The Morgan fingerprint density at radius 3 is 2.50 bits per heavy atom. The fourth-order valence-electron chi connectivity index (χ4n) is 1.81. The van der Waals surface area contributed by atoms with Gasteiger partial charge in [0.05, 0.1) is 0 Å². The van der Waals surface area contributed by atoms with Crippen LogP contribution in [0.1, 0.15) is 16.8 Å². The van der Waals surface area contributed by atoms with Crippen LogP contribution in [0.3, 0.4) is 0 Å². The largest absolute Gasteiger partial charge is 0.326 e. The molecule has 108 valence electrons. The van der Waals surface area contributed by atoms with E-state index in [9.17, 15) is 13.2 Å². The topological polar surface area (TPSA) is 105 Å². The van der Waals surface area contributed by atoms with Gasteiger partial charge < -0.3 is 10.7 Å². The molecule has 2 rings (SSSR count). The van der Waals surface area contributed by atoms with Crippen LogP contribution < -0.4 is 15.3 Å². The zero-order valence-electron chi connectivity index (χ0n) is 10.8. The Labute approximate surface area is 120 Å². The number of hydrogen-bond acceptors (Lipinski definition) is 5. The van der Waals surface area contributed by atoms with Crippen molar-refractivity contribution in [2.75, 3.05) is 0 Å². The number of aryl methyl sites for hydroxylation is 1. The molecule has 0 amide bonds. The number of nitrogens with one attached hydrogen (secondary N) is 2. The fraction of sp³-hybridized carbons (Fsp3) is 0.250. The van der Waals surface area contributed by atoms with Crippen LogP contribution in [0.25, 0.3) is 0 Å². The Bertz CT molecular complexity index is 762. The molecule has 0 saturated heterocycles. The van der Waals surface area contributed by atoms with Gasteiger partial charge in [0.1, 0.15) is 0 Å². The van der Waals surface area contributed by atoms with Crippen LogP contribution in [0, 0.1) is 6.92 Å². The van der Waals surface area contributed by atoms with Gasteiger partial charge in [-0.1, -0.05) is 35.6 Å².